The molecule has 0 radical (unpaired) electrons. The van der Waals surface area contributed by atoms with E-state index in [1.54, 1.807) is 18.2 Å². The third kappa shape index (κ3) is 4.80. The lowest BCUT2D eigenvalue weighted by molar-refractivity contribution is -0.386. The van der Waals surface area contributed by atoms with Gasteiger partial charge >= 0.3 is 5.69 Å². The molecule has 168 valence electrons. The molecule has 2 aromatic carbocycles. The summed E-state index contributed by atoms with van der Waals surface area (Å²) in [6, 6.07) is 8.18. The highest BCUT2D eigenvalue weighted by atomic mass is 79.9. The first-order valence-electron chi connectivity index (χ1n) is 10.1. The molecule has 0 bridgehead atoms. The van der Waals surface area contributed by atoms with Crippen LogP contribution >= 0.6 is 15.9 Å². The Morgan fingerprint density at radius 3 is 2.69 bits per heavy atom. The number of methoxy groups -OCH3 is 1. The van der Waals surface area contributed by atoms with E-state index >= 15 is 0 Å². The number of hydrogen-bond acceptors (Lipinski definition) is 7. The smallest absolute Gasteiger partial charge is 0.315 e. The van der Waals surface area contributed by atoms with Crippen LogP contribution in [-0.4, -0.2) is 34.0 Å². The Labute approximate surface area is 193 Å². The number of ether oxygens (including phenoxy) is 2. The lowest BCUT2D eigenvalue weighted by Gasteiger charge is -2.16. The summed E-state index contributed by atoms with van der Waals surface area (Å²) in [4.78, 5) is 28.7. The summed E-state index contributed by atoms with van der Waals surface area (Å²) in [5.41, 5.74) is 0.385. The van der Waals surface area contributed by atoms with Gasteiger partial charge in [-0.25, -0.2) is 4.98 Å². The van der Waals surface area contributed by atoms with Crippen LogP contribution in [-0.2, 0) is 6.42 Å². The molecule has 0 aliphatic rings. The van der Waals surface area contributed by atoms with Crippen LogP contribution in [0.2, 0.25) is 0 Å². The van der Waals surface area contributed by atoms with Crippen molar-refractivity contribution in [2.24, 2.45) is 5.10 Å². The van der Waals surface area contributed by atoms with Crippen molar-refractivity contribution in [3.8, 4) is 11.5 Å². The molecule has 0 spiro atoms. The van der Waals surface area contributed by atoms with Gasteiger partial charge in [-0.1, -0.05) is 29.8 Å². The van der Waals surface area contributed by atoms with Crippen molar-refractivity contribution in [3.05, 3.63) is 66.7 Å². The number of nitro groups is 1. The Balaban J connectivity index is 2.12. The molecular weight excluding hydrogens is 480 g/mol. The van der Waals surface area contributed by atoms with E-state index in [1.807, 2.05) is 26.8 Å². The van der Waals surface area contributed by atoms with E-state index in [9.17, 15) is 14.9 Å². The SMILES string of the molecule is CCc1nc2ccc(Br)cc2c(=O)n1N=Cc1cc(OC)c(O[C@@H](C)CC)c([N+](=O)[O-])c1. The van der Waals surface area contributed by atoms with E-state index in [2.05, 4.69) is 26.0 Å². The predicted octanol–water partition coefficient (Wildman–Crippen LogP) is 4.70. The molecule has 0 aliphatic heterocycles. The van der Waals surface area contributed by atoms with Crippen molar-refractivity contribution in [1.29, 1.82) is 0 Å². The van der Waals surface area contributed by atoms with Gasteiger partial charge in [-0.3, -0.25) is 14.9 Å². The molecule has 0 amide bonds. The summed E-state index contributed by atoms with van der Waals surface area (Å²) < 4.78 is 13.0. The summed E-state index contributed by atoms with van der Waals surface area (Å²) in [5.74, 6) is 0.747. The van der Waals surface area contributed by atoms with Crippen LogP contribution < -0.4 is 15.0 Å². The third-order valence-electron chi connectivity index (χ3n) is 4.88. The van der Waals surface area contributed by atoms with Crippen molar-refractivity contribution >= 4 is 38.7 Å². The van der Waals surface area contributed by atoms with Crippen LogP contribution in [0.3, 0.4) is 0 Å². The maximum atomic E-state index is 13.0. The van der Waals surface area contributed by atoms with E-state index in [-0.39, 0.29) is 28.8 Å². The second-order valence-corrected chi connectivity index (χ2v) is 7.99. The van der Waals surface area contributed by atoms with Gasteiger partial charge in [-0.05, 0) is 37.6 Å². The van der Waals surface area contributed by atoms with Crippen molar-refractivity contribution in [2.45, 2.75) is 39.7 Å². The van der Waals surface area contributed by atoms with Gasteiger partial charge in [0.05, 0.1) is 35.3 Å². The molecule has 1 heterocycles. The van der Waals surface area contributed by atoms with Crippen LogP contribution in [0.4, 0.5) is 5.69 Å². The van der Waals surface area contributed by atoms with Gasteiger partial charge < -0.3 is 9.47 Å². The van der Waals surface area contributed by atoms with Gasteiger partial charge in [0.25, 0.3) is 5.56 Å². The minimum Gasteiger partial charge on any atom is -0.493 e. The summed E-state index contributed by atoms with van der Waals surface area (Å²) in [6.07, 6.45) is 2.30. The van der Waals surface area contributed by atoms with Crippen LogP contribution in [0.15, 0.2) is 44.7 Å². The highest BCUT2D eigenvalue weighted by molar-refractivity contribution is 9.10. The topological polar surface area (TPSA) is 109 Å². The summed E-state index contributed by atoms with van der Waals surface area (Å²) in [5, 5.41) is 16.4. The van der Waals surface area contributed by atoms with E-state index in [0.717, 1.165) is 4.47 Å². The fraction of sp³-hybridized carbons (Fsp3) is 0.318. The number of nitrogens with zero attached hydrogens (tertiary/aromatic N) is 4. The molecule has 32 heavy (non-hydrogen) atoms. The molecule has 0 aliphatic carbocycles. The first-order valence-corrected chi connectivity index (χ1v) is 10.9. The second-order valence-electron chi connectivity index (χ2n) is 7.07. The highest BCUT2D eigenvalue weighted by Crippen LogP contribution is 2.38. The Hall–Kier alpha value is -3.27. The molecule has 1 atom stereocenters. The first kappa shape index (κ1) is 23.4. The summed E-state index contributed by atoms with van der Waals surface area (Å²) in [7, 11) is 1.41. The number of hydrogen-bond donors (Lipinski definition) is 0. The van der Waals surface area contributed by atoms with Crippen LogP contribution in [0.1, 0.15) is 38.6 Å². The van der Waals surface area contributed by atoms with Crippen LogP contribution in [0.25, 0.3) is 10.9 Å². The van der Waals surface area contributed by atoms with E-state index in [1.165, 1.54) is 24.1 Å². The van der Waals surface area contributed by atoms with Crippen LogP contribution in [0, 0.1) is 10.1 Å². The molecule has 0 N–H and O–H groups in total. The second kappa shape index (κ2) is 9.90. The number of nitro benzene ring substituents is 1. The van der Waals surface area contributed by atoms with Crippen molar-refractivity contribution < 1.29 is 14.4 Å². The lowest BCUT2D eigenvalue weighted by Crippen LogP contribution is -2.22. The minimum absolute atomic E-state index is 0.0626. The lowest BCUT2D eigenvalue weighted by atomic mass is 10.1. The normalized spacial score (nSPS) is 12.3. The number of rotatable bonds is 8. The molecule has 0 unspecified atom stereocenters. The number of benzene rings is 2. The first-order chi connectivity index (χ1) is 15.3. The third-order valence-corrected chi connectivity index (χ3v) is 5.38. The quantitative estimate of drug-likeness (QED) is 0.251. The van der Waals surface area contributed by atoms with E-state index in [4.69, 9.17) is 9.47 Å². The number of halogens is 1. The molecule has 1 aromatic heterocycles. The molecule has 3 aromatic rings. The Bertz CT molecular complexity index is 1260. The Morgan fingerprint density at radius 2 is 2.06 bits per heavy atom. The largest absolute Gasteiger partial charge is 0.493 e. The molecule has 0 saturated heterocycles. The Kier molecular flexibility index (Phi) is 7.24. The number of aryl methyl sites for hydroxylation is 1. The maximum Gasteiger partial charge on any atom is 0.315 e. The average molecular weight is 503 g/mol. The van der Waals surface area contributed by atoms with Gasteiger partial charge in [0, 0.05) is 22.5 Å². The maximum absolute atomic E-state index is 13.0. The standard InChI is InChI=1S/C22H23BrN4O5/c1-5-13(3)32-21-18(27(29)30)9-14(10-19(21)31-4)12-24-26-20(6-2)25-17-8-7-15(23)11-16(17)22(26)28/h7-13H,5-6H2,1-4H3/t13-/m0/s1. The van der Waals surface area contributed by atoms with Crippen LogP contribution in [0.5, 0.6) is 11.5 Å². The van der Waals surface area contributed by atoms with E-state index in [0.29, 0.717) is 35.1 Å². The van der Waals surface area contributed by atoms with Gasteiger partial charge in [-0.2, -0.15) is 9.78 Å². The highest BCUT2D eigenvalue weighted by Gasteiger charge is 2.23. The molecule has 0 fully saturated rings. The molecule has 0 saturated carbocycles. The Morgan fingerprint density at radius 1 is 1.31 bits per heavy atom. The summed E-state index contributed by atoms with van der Waals surface area (Å²) in [6.45, 7) is 5.61. The van der Waals surface area contributed by atoms with Gasteiger partial charge in [-0.15, -0.1) is 0 Å². The zero-order chi connectivity index (χ0) is 23.4. The van der Waals surface area contributed by atoms with Crippen molar-refractivity contribution in [3.63, 3.8) is 0 Å². The average Bonchev–Trinajstić information content (AvgIpc) is 2.78. The van der Waals surface area contributed by atoms with Gasteiger partial charge in [0.2, 0.25) is 5.75 Å². The number of fused-ring (bicyclic) bond motifs is 1. The number of aromatic nitrogens is 2. The fourth-order valence-corrected chi connectivity index (χ4v) is 3.40. The monoisotopic (exact) mass is 502 g/mol. The van der Waals surface area contributed by atoms with Gasteiger partial charge in [0.15, 0.2) is 5.75 Å². The zero-order valence-corrected chi connectivity index (χ0v) is 19.7. The minimum atomic E-state index is -0.531. The molecule has 10 heteroatoms. The molecule has 9 nitrogen and oxygen atoms in total. The molecular formula is C22H23BrN4O5. The van der Waals surface area contributed by atoms with Crippen molar-refractivity contribution in [2.75, 3.05) is 7.11 Å². The van der Waals surface area contributed by atoms with E-state index < -0.39 is 4.92 Å². The van der Waals surface area contributed by atoms with Gasteiger partial charge in [0.1, 0.15) is 5.82 Å². The zero-order valence-electron chi connectivity index (χ0n) is 18.2. The molecule has 3 rings (SSSR count). The predicted molar refractivity (Wildman–Crippen MR) is 126 cm³/mol. The summed E-state index contributed by atoms with van der Waals surface area (Å²) >= 11 is 3.36. The fourth-order valence-electron chi connectivity index (χ4n) is 3.04. The van der Waals surface area contributed by atoms with Crippen molar-refractivity contribution in [1.82, 2.24) is 9.66 Å².